The van der Waals surface area contributed by atoms with Crippen LogP contribution in [0, 0.1) is 6.92 Å². The average molecular weight is 509 g/mol. The molecule has 192 valence electrons. The van der Waals surface area contributed by atoms with Crippen molar-refractivity contribution in [2.45, 2.75) is 33.1 Å². The van der Waals surface area contributed by atoms with Crippen LogP contribution in [0.3, 0.4) is 0 Å². The maximum Gasteiger partial charge on any atom is 0.108 e. The van der Waals surface area contributed by atoms with Crippen molar-refractivity contribution in [2.24, 2.45) is 0 Å². The molecule has 0 spiro atoms. The molecule has 2 aliphatic heterocycles. The molecule has 0 aromatic heterocycles. The molecule has 2 aliphatic rings. The zero-order valence-electron chi connectivity index (χ0n) is 22.6. The van der Waals surface area contributed by atoms with Gasteiger partial charge in [-0.15, -0.1) is 0 Å². The number of hydrogen-bond donors (Lipinski definition) is 0. The minimum atomic E-state index is 0.128. The molecule has 2 heterocycles. The molecule has 39 heavy (non-hydrogen) atoms. The maximum atomic E-state index is 2.49. The molecule has 0 bridgehead atoms. The van der Waals surface area contributed by atoms with Gasteiger partial charge in [-0.25, -0.2) is 0 Å². The Morgan fingerprint density at radius 1 is 0.359 bits per heavy atom. The third-order valence-electron chi connectivity index (χ3n) is 8.16. The fourth-order valence-corrected chi connectivity index (χ4v) is 6.46. The van der Waals surface area contributed by atoms with Crippen molar-refractivity contribution < 1.29 is 0 Å². The van der Waals surface area contributed by atoms with E-state index in [1.54, 1.807) is 0 Å². The second kappa shape index (κ2) is 9.25. The van der Waals surface area contributed by atoms with Gasteiger partial charge in [-0.05, 0) is 87.0 Å². The minimum Gasteiger partial charge on any atom is -0.319 e. The van der Waals surface area contributed by atoms with E-state index < -0.39 is 0 Å². The molecular weight excluding hydrogens is 476 g/mol. The average Bonchev–Trinajstić information content (AvgIpc) is 3.44. The first kappa shape index (κ1) is 23.4. The minimum absolute atomic E-state index is 0.128. The van der Waals surface area contributed by atoms with Crippen LogP contribution in [0.2, 0.25) is 0 Å². The van der Waals surface area contributed by atoms with Crippen molar-refractivity contribution in [3.05, 3.63) is 133 Å². The van der Waals surface area contributed by atoms with Gasteiger partial charge in [0.2, 0.25) is 0 Å². The summed E-state index contributed by atoms with van der Waals surface area (Å²) in [5.41, 5.74) is 11.1. The van der Waals surface area contributed by atoms with E-state index in [2.05, 4.69) is 168 Å². The monoisotopic (exact) mass is 508 g/mol. The Morgan fingerprint density at radius 2 is 0.667 bits per heavy atom. The van der Waals surface area contributed by atoms with Gasteiger partial charge in [0.05, 0.1) is 22.7 Å². The fraction of sp³-hybridized carbons (Fsp3) is 0.143. The summed E-state index contributed by atoms with van der Waals surface area (Å²) in [6.07, 6.45) is 0.255. The lowest BCUT2D eigenvalue weighted by molar-refractivity contribution is 0.751. The quantitative estimate of drug-likeness (QED) is 0.240. The Labute approximate surface area is 231 Å². The van der Waals surface area contributed by atoms with Crippen LogP contribution < -0.4 is 19.6 Å². The summed E-state index contributed by atoms with van der Waals surface area (Å²) >= 11 is 0. The molecule has 0 aliphatic carbocycles. The largest absolute Gasteiger partial charge is 0.319 e. The van der Waals surface area contributed by atoms with Gasteiger partial charge >= 0.3 is 0 Å². The second-order valence-corrected chi connectivity index (χ2v) is 10.3. The lowest BCUT2D eigenvalue weighted by Gasteiger charge is -2.34. The molecule has 0 N–H and O–H groups in total. The van der Waals surface area contributed by atoms with E-state index >= 15 is 0 Å². The van der Waals surface area contributed by atoms with Gasteiger partial charge in [-0.3, -0.25) is 0 Å². The highest BCUT2D eigenvalue weighted by Gasteiger charge is 2.38. The van der Waals surface area contributed by atoms with Crippen LogP contribution in [-0.4, -0.2) is 12.3 Å². The van der Waals surface area contributed by atoms with Crippen LogP contribution in [0.1, 0.15) is 19.4 Å². The van der Waals surface area contributed by atoms with E-state index in [1.807, 2.05) is 0 Å². The van der Waals surface area contributed by atoms with Crippen LogP contribution in [0.4, 0.5) is 45.5 Å². The number of nitrogens with zero attached hydrogens (tertiary/aromatic N) is 4. The highest BCUT2D eigenvalue weighted by atomic mass is 15.4. The molecule has 0 fully saturated rings. The first-order valence-corrected chi connectivity index (χ1v) is 13.7. The normalized spacial score (nSPS) is 17.9. The lowest BCUT2D eigenvalue weighted by Crippen LogP contribution is -2.37. The smallest absolute Gasteiger partial charge is 0.108 e. The first-order chi connectivity index (χ1) is 19.1. The van der Waals surface area contributed by atoms with Crippen molar-refractivity contribution in [3.63, 3.8) is 0 Å². The molecule has 0 saturated heterocycles. The molecular formula is C35H32N4. The molecule has 0 unspecified atom stereocenters. The maximum absolute atomic E-state index is 2.49. The number of benzene rings is 5. The Hall–Kier alpha value is -4.70. The standard InChI is InChI=1S/C35H32N4/c1-25-30(38-26(2)36(28-15-6-4-7-16-28)32-19-10-12-21-34(32)38)23-14-24-31(25)39-27(3)37(29-17-8-5-9-18-29)33-20-11-13-22-35(33)39/h4-24,26-27H,1-3H3/t26-,27+. The van der Waals surface area contributed by atoms with Crippen molar-refractivity contribution in [1.82, 2.24) is 0 Å². The molecule has 5 aromatic rings. The van der Waals surface area contributed by atoms with Gasteiger partial charge in [-0.1, -0.05) is 66.7 Å². The Bertz CT molecular complexity index is 1510. The second-order valence-electron chi connectivity index (χ2n) is 10.3. The molecule has 4 heteroatoms. The van der Waals surface area contributed by atoms with E-state index in [0.29, 0.717) is 0 Å². The molecule has 7 rings (SSSR count). The number of para-hydroxylation sites is 6. The zero-order chi connectivity index (χ0) is 26.5. The summed E-state index contributed by atoms with van der Waals surface area (Å²) in [5, 5.41) is 0. The summed E-state index contributed by atoms with van der Waals surface area (Å²) in [6.45, 7) is 6.86. The van der Waals surface area contributed by atoms with Crippen LogP contribution in [0.5, 0.6) is 0 Å². The highest BCUT2D eigenvalue weighted by molar-refractivity contribution is 5.93. The predicted molar refractivity (Wildman–Crippen MR) is 164 cm³/mol. The first-order valence-electron chi connectivity index (χ1n) is 13.7. The number of rotatable bonds is 4. The summed E-state index contributed by atoms with van der Waals surface area (Å²) in [5.74, 6) is 0. The van der Waals surface area contributed by atoms with Crippen molar-refractivity contribution in [1.29, 1.82) is 0 Å². The Balaban J connectivity index is 1.34. The molecule has 2 atom stereocenters. The summed E-state index contributed by atoms with van der Waals surface area (Å²) in [7, 11) is 0. The molecule has 0 amide bonds. The highest BCUT2D eigenvalue weighted by Crippen LogP contribution is 2.52. The topological polar surface area (TPSA) is 13.0 Å². The van der Waals surface area contributed by atoms with E-state index in [1.165, 1.54) is 51.1 Å². The van der Waals surface area contributed by atoms with Crippen molar-refractivity contribution >= 4 is 45.5 Å². The summed E-state index contributed by atoms with van der Waals surface area (Å²) in [4.78, 5) is 9.85. The number of fused-ring (bicyclic) bond motifs is 2. The van der Waals surface area contributed by atoms with Crippen molar-refractivity contribution in [3.8, 4) is 0 Å². The van der Waals surface area contributed by atoms with E-state index in [4.69, 9.17) is 0 Å². The Kier molecular flexibility index (Phi) is 5.55. The van der Waals surface area contributed by atoms with Crippen LogP contribution in [0.25, 0.3) is 0 Å². The fourth-order valence-electron chi connectivity index (χ4n) is 6.46. The lowest BCUT2D eigenvalue weighted by atomic mass is 10.1. The van der Waals surface area contributed by atoms with Crippen LogP contribution >= 0.6 is 0 Å². The van der Waals surface area contributed by atoms with Crippen LogP contribution in [-0.2, 0) is 0 Å². The van der Waals surface area contributed by atoms with E-state index in [0.717, 1.165) is 0 Å². The third-order valence-corrected chi connectivity index (χ3v) is 8.16. The molecule has 5 aromatic carbocycles. The molecule has 4 nitrogen and oxygen atoms in total. The SMILES string of the molecule is Cc1c(N2c3ccccc3N(c3ccccc3)[C@H]2C)cccc1N1c2ccccc2N(c2ccccc2)[C@@H]1C. The molecule has 0 radical (unpaired) electrons. The van der Waals surface area contributed by atoms with Gasteiger partial charge in [0.15, 0.2) is 0 Å². The van der Waals surface area contributed by atoms with Gasteiger partial charge in [-0.2, -0.15) is 0 Å². The summed E-state index contributed by atoms with van der Waals surface area (Å²) < 4.78 is 0. The summed E-state index contributed by atoms with van der Waals surface area (Å²) in [6, 6.07) is 45.6. The van der Waals surface area contributed by atoms with Gasteiger partial charge < -0.3 is 19.6 Å². The third kappa shape index (κ3) is 3.59. The number of anilines is 8. The van der Waals surface area contributed by atoms with Gasteiger partial charge in [0.25, 0.3) is 0 Å². The molecule has 0 saturated carbocycles. The van der Waals surface area contributed by atoms with Gasteiger partial charge in [0.1, 0.15) is 12.3 Å². The Morgan fingerprint density at radius 3 is 1.05 bits per heavy atom. The number of hydrogen-bond acceptors (Lipinski definition) is 4. The van der Waals surface area contributed by atoms with Crippen molar-refractivity contribution in [2.75, 3.05) is 19.6 Å². The van der Waals surface area contributed by atoms with E-state index in [-0.39, 0.29) is 12.3 Å². The van der Waals surface area contributed by atoms with E-state index in [9.17, 15) is 0 Å². The predicted octanol–water partition coefficient (Wildman–Crippen LogP) is 9.27. The van der Waals surface area contributed by atoms with Gasteiger partial charge in [0, 0.05) is 22.7 Å². The van der Waals surface area contributed by atoms with Crippen LogP contribution in [0.15, 0.2) is 127 Å². The zero-order valence-corrected chi connectivity index (χ0v) is 22.6.